The largest absolute Gasteiger partial charge is 0.376 e. The quantitative estimate of drug-likeness (QED) is 0.830. The molecular weight excluding hydrogens is 216 g/mol. The second-order valence-electron chi connectivity index (χ2n) is 4.77. The highest BCUT2D eigenvalue weighted by Gasteiger charge is 2.26. The number of hydrogen-bond acceptors (Lipinski definition) is 4. The van der Waals surface area contributed by atoms with Gasteiger partial charge in [-0.3, -0.25) is 9.58 Å². The van der Waals surface area contributed by atoms with Crippen LogP contribution < -0.4 is 5.73 Å². The summed E-state index contributed by atoms with van der Waals surface area (Å²) in [7, 11) is 1.95. The monoisotopic (exact) mass is 238 g/mol. The Morgan fingerprint density at radius 3 is 2.94 bits per heavy atom. The summed E-state index contributed by atoms with van der Waals surface area (Å²) in [5.41, 5.74) is 8.25. The highest BCUT2D eigenvalue weighted by molar-refractivity contribution is 5.20. The lowest BCUT2D eigenvalue weighted by Gasteiger charge is -2.36. The molecule has 5 nitrogen and oxygen atoms in total. The maximum Gasteiger partial charge on any atom is 0.0674 e. The van der Waals surface area contributed by atoms with Gasteiger partial charge in [0.2, 0.25) is 0 Å². The fourth-order valence-corrected chi connectivity index (χ4v) is 2.55. The van der Waals surface area contributed by atoms with Crippen LogP contribution in [0.4, 0.5) is 0 Å². The molecule has 1 aliphatic rings. The summed E-state index contributed by atoms with van der Waals surface area (Å²) >= 11 is 0. The van der Waals surface area contributed by atoms with Crippen LogP contribution >= 0.6 is 0 Å². The SMILES string of the molecule is Cc1nn(C)cc1C(CN)N1CCOC(C)C1. The van der Waals surface area contributed by atoms with Crippen LogP contribution in [-0.4, -0.2) is 47.0 Å². The van der Waals surface area contributed by atoms with E-state index in [9.17, 15) is 0 Å². The Morgan fingerprint density at radius 1 is 1.65 bits per heavy atom. The molecule has 0 bridgehead atoms. The van der Waals surface area contributed by atoms with Gasteiger partial charge in [-0.1, -0.05) is 0 Å². The lowest BCUT2D eigenvalue weighted by molar-refractivity contribution is -0.0333. The van der Waals surface area contributed by atoms with Gasteiger partial charge in [0.25, 0.3) is 0 Å². The number of morpholine rings is 1. The van der Waals surface area contributed by atoms with Gasteiger partial charge in [-0.2, -0.15) is 5.10 Å². The molecular formula is C12H22N4O. The summed E-state index contributed by atoms with van der Waals surface area (Å²) in [4.78, 5) is 2.40. The van der Waals surface area contributed by atoms with Crippen LogP contribution in [0.2, 0.25) is 0 Å². The van der Waals surface area contributed by atoms with Gasteiger partial charge >= 0.3 is 0 Å². The second kappa shape index (κ2) is 5.16. The Hall–Kier alpha value is -0.910. The van der Waals surface area contributed by atoms with Crippen LogP contribution in [-0.2, 0) is 11.8 Å². The normalized spacial score (nSPS) is 23.9. The number of aryl methyl sites for hydroxylation is 2. The third kappa shape index (κ3) is 2.68. The third-order valence-electron chi connectivity index (χ3n) is 3.35. The zero-order valence-corrected chi connectivity index (χ0v) is 10.9. The molecule has 0 spiro atoms. The predicted molar refractivity (Wildman–Crippen MR) is 66.7 cm³/mol. The smallest absolute Gasteiger partial charge is 0.0674 e. The fourth-order valence-electron chi connectivity index (χ4n) is 2.55. The minimum absolute atomic E-state index is 0.259. The number of nitrogens with zero attached hydrogens (tertiary/aromatic N) is 3. The van der Waals surface area contributed by atoms with E-state index in [0.29, 0.717) is 6.54 Å². The van der Waals surface area contributed by atoms with Crippen molar-refractivity contribution in [3.05, 3.63) is 17.5 Å². The maximum absolute atomic E-state index is 5.94. The summed E-state index contributed by atoms with van der Waals surface area (Å²) in [6.07, 6.45) is 2.36. The van der Waals surface area contributed by atoms with E-state index in [0.717, 1.165) is 25.4 Å². The molecule has 0 aromatic carbocycles. The summed E-state index contributed by atoms with van der Waals surface area (Å²) < 4.78 is 7.43. The summed E-state index contributed by atoms with van der Waals surface area (Å²) in [6.45, 7) is 7.45. The molecule has 2 heterocycles. The van der Waals surface area contributed by atoms with Crippen molar-refractivity contribution in [3.8, 4) is 0 Å². The average molecular weight is 238 g/mol. The first-order chi connectivity index (χ1) is 8.11. The van der Waals surface area contributed by atoms with Gasteiger partial charge in [0.15, 0.2) is 0 Å². The van der Waals surface area contributed by atoms with E-state index < -0.39 is 0 Å². The molecule has 1 aromatic rings. The van der Waals surface area contributed by atoms with Crippen molar-refractivity contribution in [1.29, 1.82) is 0 Å². The van der Waals surface area contributed by atoms with Gasteiger partial charge in [-0.25, -0.2) is 0 Å². The molecule has 2 rings (SSSR count). The second-order valence-corrected chi connectivity index (χ2v) is 4.77. The number of rotatable bonds is 3. The molecule has 2 N–H and O–H groups in total. The molecule has 2 unspecified atom stereocenters. The van der Waals surface area contributed by atoms with Crippen molar-refractivity contribution in [1.82, 2.24) is 14.7 Å². The number of aromatic nitrogens is 2. The van der Waals surface area contributed by atoms with Crippen molar-refractivity contribution in [3.63, 3.8) is 0 Å². The Kier molecular flexibility index (Phi) is 3.81. The van der Waals surface area contributed by atoms with E-state index in [4.69, 9.17) is 10.5 Å². The Morgan fingerprint density at radius 2 is 2.41 bits per heavy atom. The zero-order chi connectivity index (χ0) is 12.4. The standard InChI is InChI=1S/C12H22N4O/c1-9-7-16(4-5-17-9)12(6-13)11-8-15(3)14-10(11)2/h8-9,12H,4-7,13H2,1-3H3. The van der Waals surface area contributed by atoms with Crippen LogP contribution in [0.3, 0.4) is 0 Å². The van der Waals surface area contributed by atoms with Crippen LogP contribution in [0, 0.1) is 6.92 Å². The first-order valence-electron chi connectivity index (χ1n) is 6.17. The first kappa shape index (κ1) is 12.5. The van der Waals surface area contributed by atoms with E-state index in [1.165, 1.54) is 5.56 Å². The molecule has 5 heteroatoms. The summed E-state index contributed by atoms with van der Waals surface area (Å²) in [5, 5.41) is 4.40. The van der Waals surface area contributed by atoms with E-state index in [2.05, 4.69) is 23.1 Å². The molecule has 0 saturated carbocycles. The van der Waals surface area contributed by atoms with Crippen LogP contribution in [0.15, 0.2) is 6.20 Å². The van der Waals surface area contributed by atoms with Crippen molar-refractivity contribution < 1.29 is 4.74 Å². The van der Waals surface area contributed by atoms with Crippen LogP contribution in [0.1, 0.15) is 24.2 Å². The van der Waals surface area contributed by atoms with E-state index in [1.807, 2.05) is 18.7 Å². The van der Waals surface area contributed by atoms with Crippen LogP contribution in [0.25, 0.3) is 0 Å². The topological polar surface area (TPSA) is 56.3 Å². The van der Waals surface area contributed by atoms with Gasteiger partial charge in [-0.15, -0.1) is 0 Å². The maximum atomic E-state index is 5.94. The lowest BCUT2D eigenvalue weighted by Crippen LogP contribution is -2.45. The highest BCUT2D eigenvalue weighted by atomic mass is 16.5. The molecule has 0 radical (unpaired) electrons. The van der Waals surface area contributed by atoms with Crippen molar-refractivity contribution >= 4 is 0 Å². The molecule has 1 aromatic heterocycles. The Labute approximate surface area is 103 Å². The summed E-state index contributed by atoms with van der Waals surface area (Å²) in [5.74, 6) is 0. The minimum atomic E-state index is 0.259. The van der Waals surface area contributed by atoms with Gasteiger partial charge in [0, 0.05) is 38.4 Å². The van der Waals surface area contributed by atoms with E-state index >= 15 is 0 Å². The van der Waals surface area contributed by atoms with E-state index in [-0.39, 0.29) is 12.1 Å². The average Bonchev–Trinajstić information content (AvgIpc) is 2.59. The van der Waals surface area contributed by atoms with Gasteiger partial charge in [0.05, 0.1) is 24.4 Å². The Bertz CT molecular complexity index is 377. The van der Waals surface area contributed by atoms with Gasteiger partial charge in [0.1, 0.15) is 0 Å². The van der Waals surface area contributed by atoms with Crippen molar-refractivity contribution in [2.24, 2.45) is 12.8 Å². The molecule has 1 fully saturated rings. The minimum Gasteiger partial charge on any atom is -0.376 e. The molecule has 1 aliphatic heterocycles. The van der Waals surface area contributed by atoms with Gasteiger partial charge < -0.3 is 10.5 Å². The summed E-state index contributed by atoms with van der Waals surface area (Å²) in [6, 6.07) is 0.259. The van der Waals surface area contributed by atoms with Gasteiger partial charge in [-0.05, 0) is 13.8 Å². The molecule has 0 aliphatic carbocycles. The molecule has 2 atom stereocenters. The molecule has 0 amide bonds. The molecule has 17 heavy (non-hydrogen) atoms. The Balaban J connectivity index is 2.18. The van der Waals surface area contributed by atoms with Crippen LogP contribution in [0.5, 0.6) is 0 Å². The van der Waals surface area contributed by atoms with E-state index in [1.54, 1.807) is 0 Å². The predicted octanol–water partition coefficient (Wildman–Crippen LogP) is 0.449. The highest BCUT2D eigenvalue weighted by Crippen LogP contribution is 2.24. The van der Waals surface area contributed by atoms with Crippen molar-refractivity contribution in [2.45, 2.75) is 26.0 Å². The zero-order valence-electron chi connectivity index (χ0n) is 10.9. The molecule has 1 saturated heterocycles. The lowest BCUT2D eigenvalue weighted by atomic mass is 10.1. The number of ether oxygens (including phenoxy) is 1. The third-order valence-corrected chi connectivity index (χ3v) is 3.35. The number of hydrogen-bond donors (Lipinski definition) is 1. The fraction of sp³-hybridized carbons (Fsp3) is 0.750. The van der Waals surface area contributed by atoms with Crippen molar-refractivity contribution in [2.75, 3.05) is 26.2 Å². The molecule has 96 valence electrons. The first-order valence-corrected chi connectivity index (χ1v) is 6.17. The number of nitrogens with two attached hydrogens (primary N) is 1.